The third kappa shape index (κ3) is 4.82. The van der Waals surface area contributed by atoms with E-state index >= 15 is 0 Å². The van der Waals surface area contributed by atoms with Crippen LogP contribution < -0.4 is 5.32 Å². The molecule has 1 aromatic carbocycles. The monoisotopic (exact) mass is 443 g/mol. The molecular weight excluding hydrogens is 414 g/mol. The van der Waals surface area contributed by atoms with Gasteiger partial charge in [-0.05, 0) is 49.6 Å². The molecule has 0 saturated carbocycles. The maximum Gasteiger partial charge on any atom is 0.272 e. The Morgan fingerprint density at radius 2 is 1.79 bits per heavy atom. The smallest absolute Gasteiger partial charge is 0.272 e. The van der Waals surface area contributed by atoms with Crippen LogP contribution >= 0.6 is 0 Å². The fourth-order valence-electron chi connectivity index (χ4n) is 4.16. The van der Waals surface area contributed by atoms with Gasteiger partial charge in [-0.15, -0.1) is 0 Å². The van der Waals surface area contributed by atoms with Crippen LogP contribution in [0.2, 0.25) is 0 Å². The molecule has 4 rings (SSSR count). The Bertz CT molecular complexity index is 1260. The van der Waals surface area contributed by atoms with Crippen molar-refractivity contribution in [2.45, 2.75) is 25.8 Å². The van der Waals surface area contributed by atoms with E-state index in [1.807, 2.05) is 80.3 Å². The van der Waals surface area contributed by atoms with Gasteiger partial charge in [-0.3, -0.25) is 14.0 Å². The maximum atomic E-state index is 13.6. The van der Waals surface area contributed by atoms with Gasteiger partial charge in [0.25, 0.3) is 11.8 Å². The molecule has 3 aromatic heterocycles. The van der Waals surface area contributed by atoms with Crippen LogP contribution in [-0.4, -0.2) is 50.3 Å². The van der Waals surface area contributed by atoms with E-state index in [2.05, 4.69) is 22.4 Å². The molecule has 2 amide bonds. The number of pyridine rings is 1. The van der Waals surface area contributed by atoms with E-state index in [1.165, 1.54) is 0 Å². The first-order chi connectivity index (χ1) is 16.0. The molecule has 1 N–H and O–H groups in total. The third-order valence-electron chi connectivity index (χ3n) is 6.03. The summed E-state index contributed by atoms with van der Waals surface area (Å²) in [6, 6.07) is 19.3. The van der Waals surface area contributed by atoms with Crippen molar-refractivity contribution in [2.75, 3.05) is 13.6 Å². The predicted molar refractivity (Wildman–Crippen MR) is 128 cm³/mol. The molecule has 170 valence electrons. The molecule has 7 heteroatoms. The number of fused-ring (bicyclic) bond motifs is 1. The Hall–Kier alpha value is -3.87. The topological polar surface area (TPSA) is 71.6 Å². The molecule has 0 spiro atoms. The van der Waals surface area contributed by atoms with Gasteiger partial charge in [-0.2, -0.15) is 0 Å². The van der Waals surface area contributed by atoms with Gasteiger partial charge in [0.15, 0.2) is 0 Å². The fraction of sp³-hybridized carbons (Fsp3) is 0.269. The van der Waals surface area contributed by atoms with E-state index in [-0.39, 0.29) is 17.9 Å². The van der Waals surface area contributed by atoms with Crippen LogP contribution in [0.15, 0.2) is 73.1 Å². The highest BCUT2D eigenvalue weighted by Gasteiger charge is 2.26. The number of nitrogens with one attached hydrogen (secondary N) is 1. The molecule has 0 aliphatic rings. The normalized spacial score (nSPS) is 12.0. The average Bonchev–Trinajstić information content (AvgIpc) is 3.40. The van der Waals surface area contributed by atoms with Crippen molar-refractivity contribution >= 4 is 17.5 Å². The summed E-state index contributed by atoms with van der Waals surface area (Å²) in [7, 11) is 3.68. The lowest BCUT2D eigenvalue weighted by Gasteiger charge is -2.29. The zero-order valence-corrected chi connectivity index (χ0v) is 19.2. The number of carbonyl (C=O) groups is 2. The largest absolute Gasteiger partial charge is 0.351 e. The highest BCUT2D eigenvalue weighted by Crippen LogP contribution is 2.18. The van der Waals surface area contributed by atoms with Gasteiger partial charge < -0.3 is 14.8 Å². The summed E-state index contributed by atoms with van der Waals surface area (Å²) in [4.78, 5) is 32.4. The van der Waals surface area contributed by atoms with Crippen LogP contribution in [0.25, 0.3) is 5.65 Å². The lowest BCUT2D eigenvalue weighted by Crippen LogP contribution is -2.41. The molecule has 1 atom stereocenters. The van der Waals surface area contributed by atoms with Crippen LogP contribution in [-0.2, 0) is 13.5 Å². The number of amides is 2. The first kappa shape index (κ1) is 22.3. The van der Waals surface area contributed by atoms with Gasteiger partial charge in [0.2, 0.25) is 0 Å². The number of likely N-dealkylation sites (N-methyl/N-ethyl adjacent to an activating group) is 1. The van der Waals surface area contributed by atoms with E-state index in [0.29, 0.717) is 36.5 Å². The van der Waals surface area contributed by atoms with Gasteiger partial charge in [0.1, 0.15) is 17.0 Å². The van der Waals surface area contributed by atoms with Crippen LogP contribution in [0.3, 0.4) is 0 Å². The zero-order valence-electron chi connectivity index (χ0n) is 19.2. The summed E-state index contributed by atoms with van der Waals surface area (Å²) < 4.78 is 3.63. The van der Waals surface area contributed by atoms with Gasteiger partial charge in [-0.25, -0.2) is 4.98 Å². The Balaban J connectivity index is 1.53. The first-order valence-corrected chi connectivity index (χ1v) is 11.1. The Kier molecular flexibility index (Phi) is 6.58. The van der Waals surface area contributed by atoms with E-state index in [4.69, 9.17) is 0 Å². The number of imidazole rings is 1. The van der Waals surface area contributed by atoms with Gasteiger partial charge in [-0.1, -0.05) is 36.4 Å². The molecule has 0 bridgehead atoms. The number of hydrogen-bond donors (Lipinski definition) is 1. The van der Waals surface area contributed by atoms with Crippen LogP contribution in [0.1, 0.15) is 38.7 Å². The second-order valence-electron chi connectivity index (χ2n) is 8.28. The second kappa shape index (κ2) is 9.73. The summed E-state index contributed by atoms with van der Waals surface area (Å²) >= 11 is 0. The number of aryl methyl sites for hydroxylation is 2. The Labute approximate surface area is 193 Å². The fourth-order valence-corrected chi connectivity index (χ4v) is 4.16. The lowest BCUT2D eigenvalue weighted by atomic mass is 10.0. The summed E-state index contributed by atoms with van der Waals surface area (Å²) in [5.41, 5.74) is 3.78. The number of rotatable bonds is 8. The van der Waals surface area contributed by atoms with Gasteiger partial charge in [0.05, 0.1) is 5.69 Å². The van der Waals surface area contributed by atoms with Crippen molar-refractivity contribution in [3.63, 3.8) is 0 Å². The molecule has 0 aliphatic carbocycles. The maximum absolute atomic E-state index is 13.6. The number of hydrogen-bond acceptors (Lipinski definition) is 3. The predicted octanol–water partition coefficient (Wildman–Crippen LogP) is 3.48. The Morgan fingerprint density at radius 3 is 2.52 bits per heavy atom. The molecule has 0 radical (unpaired) electrons. The highest BCUT2D eigenvalue weighted by atomic mass is 16.2. The number of aromatic nitrogens is 3. The SMILES string of the molecule is Cc1nc2ccccn2c1C(=O)N(C)[C@H](CCNC(=O)c1cccn1C)Cc1ccccc1. The molecule has 0 fully saturated rings. The number of benzene rings is 1. The minimum absolute atomic E-state index is 0.0825. The van der Waals surface area contributed by atoms with Crippen molar-refractivity contribution in [2.24, 2.45) is 7.05 Å². The zero-order chi connectivity index (χ0) is 23.4. The van der Waals surface area contributed by atoms with Crippen molar-refractivity contribution in [3.05, 3.63) is 95.7 Å². The molecule has 0 saturated heterocycles. The molecule has 0 aliphatic heterocycles. The van der Waals surface area contributed by atoms with E-state index < -0.39 is 0 Å². The van der Waals surface area contributed by atoms with Crippen LogP contribution in [0, 0.1) is 6.92 Å². The summed E-state index contributed by atoms with van der Waals surface area (Å²) in [6.45, 7) is 2.33. The number of carbonyl (C=O) groups excluding carboxylic acids is 2. The van der Waals surface area contributed by atoms with Gasteiger partial charge >= 0.3 is 0 Å². The van der Waals surface area contributed by atoms with Gasteiger partial charge in [0, 0.05) is 39.1 Å². The minimum atomic E-state index is -0.118. The van der Waals surface area contributed by atoms with Crippen LogP contribution in [0.4, 0.5) is 0 Å². The van der Waals surface area contributed by atoms with Crippen molar-refractivity contribution < 1.29 is 9.59 Å². The molecule has 0 unspecified atom stereocenters. The summed E-state index contributed by atoms with van der Waals surface area (Å²) in [5.74, 6) is -0.200. The highest BCUT2D eigenvalue weighted by molar-refractivity contribution is 5.95. The molecular formula is C26H29N5O2. The van der Waals surface area contributed by atoms with Crippen LogP contribution in [0.5, 0.6) is 0 Å². The Morgan fingerprint density at radius 1 is 1.03 bits per heavy atom. The van der Waals surface area contributed by atoms with E-state index in [9.17, 15) is 9.59 Å². The quantitative estimate of drug-likeness (QED) is 0.453. The molecule has 3 heterocycles. The molecule has 4 aromatic rings. The standard InChI is InChI=1S/C26H29N5O2/c1-19-24(31-17-8-7-13-23(31)28-19)26(33)30(3)21(18-20-10-5-4-6-11-20)14-15-27-25(32)22-12-9-16-29(22)2/h4-13,16-17,21H,14-15,18H2,1-3H3,(H,27,32)/t21-/m1/s1. The number of nitrogens with zero attached hydrogens (tertiary/aromatic N) is 4. The third-order valence-corrected chi connectivity index (χ3v) is 6.03. The van der Waals surface area contributed by atoms with Crippen molar-refractivity contribution in [3.8, 4) is 0 Å². The minimum Gasteiger partial charge on any atom is -0.351 e. The second-order valence-corrected chi connectivity index (χ2v) is 8.28. The summed E-state index contributed by atoms with van der Waals surface area (Å²) in [6.07, 6.45) is 5.03. The van der Waals surface area contributed by atoms with Crippen molar-refractivity contribution in [1.29, 1.82) is 0 Å². The van der Waals surface area contributed by atoms with E-state index in [0.717, 1.165) is 11.2 Å². The summed E-state index contributed by atoms with van der Waals surface area (Å²) in [5, 5.41) is 3.00. The molecule has 7 nitrogen and oxygen atoms in total. The molecule has 33 heavy (non-hydrogen) atoms. The lowest BCUT2D eigenvalue weighted by molar-refractivity contribution is 0.0715. The average molecular weight is 444 g/mol. The van der Waals surface area contributed by atoms with Crippen molar-refractivity contribution in [1.82, 2.24) is 24.2 Å². The first-order valence-electron chi connectivity index (χ1n) is 11.1. The van der Waals surface area contributed by atoms with E-state index in [1.54, 1.807) is 15.5 Å².